The molecule has 0 spiro atoms. The maximum Gasteiger partial charge on any atom is 0.0712 e. The largest absolute Gasteiger partial charge is 0.326 e. The highest BCUT2D eigenvalue weighted by atomic mass is 14.7. The third-order valence-electron chi connectivity index (χ3n) is 3.21. The molecule has 0 saturated heterocycles. The molecular formula is C15H15N3. The highest BCUT2D eigenvalue weighted by Crippen LogP contribution is 2.21. The van der Waals surface area contributed by atoms with Crippen LogP contribution in [0.4, 0.5) is 0 Å². The number of rotatable bonds is 2. The molecule has 0 amide bonds. The zero-order valence-electron chi connectivity index (χ0n) is 10.1. The zero-order valence-corrected chi connectivity index (χ0v) is 10.1. The molecule has 3 nitrogen and oxygen atoms in total. The molecule has 4 N–H and O–H groups in total. The summed E-state index contributed by atoms with van der Waals surface area (Å²) < 4.78 is 0. The minimum atomic E-state index is 0.540. The Balaban J connectivity index is 2.29. The number of pyridine rings is 1. The minimum absolute atomic E-state index is 0.540. The molecule has 1 heterocycles. The summed E-state index contributed by atoms with van der Waals surface area (Å²) in [5.41, 5.74) is 15.5. The van der Waals surface area contributed by atoms with E-state index in [1.807, 2.05) is 24.3 Å². The first-order valence-electron chi connectivity index (χ1n) is 6.02. The standard InChI is InChI=1S/C15H15N3/c16-8-10-1-3-12-7-13-4-2-11(9-17)6-15(13)18-14(12)5-10/h1-7H,8-9,16-17H2. The van der Waals surface area contributed by atoms with Crippen LogP contribution in [0.5, 0.6) is 0 Å². The Morgan fingerprint density at radius 2 is 1.22 bits per heavy atom. The third-order valence-corrected chi connectivity index (χ3v) is 3.21. The van der Waals surface area contributed by atoms with Crippen LogP contribution in [-0.2, 0) is 13.1 Å². The first-order chi connectivity index (χ1) is 8.80. The Bertz CT molecular complexity index is 660. The molecular weight excluding hydrogens is 222 g/mol. The minimum Gasteiger partial charge on any atom is -0.326 e. The van der Waals surface area contributed by atoms with Crippen LogP contribution in [0, 0.1) is 0 Å². The van der Waals surface area contributed by atoms with Crippen molar-refractivity contribution in [3.05, 3.63) is 53.6 Å². The Kier molecular flexibility index (Phi) is 2.70. The summed E-state index contributed by atoms with van der Waals surface area (Å²) >= 11 is 0. The second-order valence-corrected chi connectivity index (χ2v) is 4.45. The lowest BCUT2D eigenvalue weighted by Gasteiger charge is -2.05. The van der Waals surface area contributed by atoms with E-state index in [1.165, 1.54) is 0 Å². The van der Waals surface area contributed by atoms with E-state index in [-0.39, 0.29) is 0 Å². The van der Waals surface area contributed by atoms with E-state index in [0.717, 1.165) is 32.9 Å². The normalized spacial score (nSPS) is 11.2. The fourth-order valence-electron chi connectivity index (χ4n) is 2.17. The average molecular weight is 237 g/mol. The molecule has 0 radical (unpaired) electrons. The Hall–Kier alpha value is -1.97. The summed E-state index contributed by atoms with van der Waals surface area (Å²) in [6.07, 6.45) is 0. The molecule has 0 fully saturated rings. The van der Waals surface area contributed by atoms with Crippen LogP contribution < -0.4 is 11.5 Å². The van der Waals surface area contributed by atoms with E-state index >= 15 is 0 Å². The number of hydrogen-bond donors (Lipinski definition) is 2. The van der Waals surface area contributed by atoms with Crippen molar-refractivity contribution in [2.45, 2.75) is 13.1 Å². The summed E-state index contributed by atoms with van der Waals surface area (Å²) in [6.45, 7) is 1.08. The summed E-state index contributed by atoms with van der Waals surface area (Å²) in [6, 6.07) is 14.5. The van der Waals surface area contributed by atoms with Crippen LogP contribution in [0.2, 0.25) is 0 Å². The smallest absolute Gasteiger partial charge is 0.0712 e. The first-order valence-corrected chi connectivity index (χ1v) is 6.02. The lowest BCUT2D eigenvalue weighted by molar-refractivity contribution is 1.07. The van der Waals surface area contributed by atoms with Gasteiger partial charge < -0.3 is 11.5 Å². The van der Waals surface area contributed by atoms with Crippen LogP contribution in [0.1, 0.15) is 11.1 Å². The predicted molar refractivity (Wildman–Crippen MR) is 75.0 cm³/mol. The van der Waals surface area contributed by atoms with Gasteiger partial charge in [-0.3, -0.25) is 0 Å². The molecule has 90 valence electrons. The van der Waals surface area contributed by atoms with Gasteiger partial charge in [-0.2, -0.15) is 0 Å². The van der Waals surface area contributed by atoms with Gasteiger partial charge in [0.2, 0.25) is 0 Å². The highest BCUT2D eigenvalue weighted by Gasteiger charge is 2.01. The van der Waals surface area contributed by atoms with Gasteiger partial charge in [0.15, 0.2) is 0 Å². The number of aromatic nitrogens is 1. The Morgan fingerprint density at radius 3 is 1.67 bits per heavy atom. The van der Waals surface area contributed by atoms with Gasteiger partial charge in [0.1, 0.15) is 0 Å². The van der Waals surface area contributed by atoms with Gasteiger partial charge in [-0.25, -0.2) is 4.98 Å². The van der Waals surface area contributed by atoms with Gasteiger partial charge >= 0.3 is 0 Å². The molecule has 0 aliphatic rings. The molecule has 18 heavy (non-hydrogen) atoms. The third kappa shape index (κ3) is 1.83. The van der Waals surface area contributed by atoms with Gasteiger partial charge in [0, 0.05) is 23.9 Å². The second-order valence-electron chi connectivity index (χ2n) is 4.45. The fourth-order valence-corrected chi connectivity index (χ4v) is 2.17. The van der Waals surface area contributed by atoms with Gasteiger partial charge in [-0.15, -0.1) is 0 Å². The molecule has 0 atom stereocenters. The number of hydrogen-bond acceptors (Lipinski definition) is 3. The van der Waals surface area contributed by atoms with Crippen LogP contribution in [0.15, 0.2) is 42.5 Å². The topological polar surface area (TPSA) is 64.9 Å². The average Bonchev–Trinajstić information content (AvgIpc) is 2.43. The maximum atomic E-state index is 5.65. The molecule has 0 aliphatic carbocycles. The SMILES string of the molecule is NCc1ccc2cc3ccc(CN)cc3nc2c1. The van der Waals surface area contributed by atoms with Gasteiger partial charge in [-0.05, 0) is 29.3 Å². The lowest BCUT2D eigenvalue weighted by Crippen LogP contribution is -1.97. The summed E-state index contributed by atoms with van der Waals surface area (Å²) in [5, 5.41) is 2.28. The number of nitrogens with zero attached hydrogens (tertiary/aromatic N) is 1. The fraction of sp³-hybridized carbons (Fsp3) is 0.133. The van der Waals surface area contributed by atoms with E-state index in [0.29, 0.717) is 13.1 Å². The van der Waals surface area contributed by atoms with E-state index in [1.54, 1.807) is 0 Å². The van der Waals surface area contributed by atoms with Crippen molar-refractivity contribution in [2.24, 2.45) is 11.5 Å². The summed E-state index contributed by atoms with van der Waals surface area (Å²) in [7, 11) is 0. The Morgan fingerprint density at radius 1 is 0.722 bits per heavy atom. The Labute approximate surface area is 105 Å². The molecule has 0 bridgehead atoms. The lowest BCUT2D eigenvalue weighted by atomic mass is 10.1. The van der Waals surface area contributed by atoms with Crippen molar-refractivity contribution < 1.29 is 0 Å². The maximum absolute atomic E-state index is 5.65. The summed E-state index contributed by atoms with van der Waals surface area (Å²) in [4.78, 5) is 4.68. The van der Waals surface area contributed by atoms with Crippen molar-refractivity contribution in [1.29, 1.82) is 0 Å². The molecule has 0 unspecified atom stereocenters. The van der Waals surface area contributed by atoms with Crippen molar-refractivity contribution in [3.63, 3.8) is 0 Å². The monoisotopic (exact) mass is 237 g/mol. The van der Waals surface area contributed by atoms with E-state index < -0.39 is 0 Å². The number of nitrogens with two attached hydrogens (primary N) is 2. The zero-order chi connectivity index (χ0) is 12.5. The molecule has 2 aromatic carbocycles. The molecule has 1 aromatic heterocycles. The first kappa shape index (κ1) is 11.1. The predicted octanol–water partition coefficient (Wildman–Crippen LogP) is 2.31. The second kappa shape index (κ2) is 4.37. The van der Waals surface area contributed by atoms with Crippen LogP contribution in [-0.4, -0.2) is 4.98 Å². The quantitative estimate of drug-likeness (QED) is 0.672. The van der Waals surface area contributed by atoms with Gasteiger partial charge in [-0.1, -0.05) is 24.3 Å². The van der Waals surface area contributed by atoms with Crippen LogP contribution >= 0.6 is 0 Å². The highest BCUT2D eigenvalue weighted by molar-refractivity contribution is 5.93. The van der Waals surface area contributed by atoms with Crippen molar-refractivity contribution in [2.75, 3.05) is 0 Å². The van der Waals surface area contributed by atoms with E-state index in [4.69, 9.17) is 11.5 Å². The molecule has 0 saturated carbocycles. The van der Waals surface area contributed by atoms with Crippen LogP contribution in [0.25, 0.3) is 21.8 Å². The van der Waals surface area contributed by atoms with Gasteiger partial charge in [0.25, 0.3) is 0 Å². The van der Waals surface area contributed by atoms with Crippen molar-refractivity contribution in [3.8, 4) is 0 Å². The van der Waals surface area contributed by atoms with E-state index in [2.05, 4.69) is 23.2 Å². The number of benzene rings is 2. The van der Waals surface area contributed by atoms with Crippen molar-refractivity contribution >= 4 is 21.8 Å². The summed E-state index contributed by atoms with van der Waals surface area (Å²) in [5.74, 6) is 0. The van der Waals surface area contributed by atoms with E-state index in [9.17, 15) is 0 Å². The molecule has 3 rings (SSSR count). The molecule has 3 aromatic rings. The molecule has 3 heteroatoms. The number of fused-ring (bicyclic) bond motifs is 2. The molecule has 0 aliphatic heterocycles. The van der Waals surface area contributed by atoms with Crippen molar-refractivity contribution in [1.82, 2.24) is 4.98 Å². The van der Waals surface area contributed by atoms with Crippen LogP contribution in [0.3, 0.4) is 0 Å². The van der Waals surface area contributed by atoms with Gasteiger partial charge in [0.05, 0.1) is 11.0 Å².